The first-order chi connectivity index (χ1) is 15.7. The van der Waals surface area contributed by atoms with Crippen molar-refractivity contribution >= 4 is 33.2 Å². The van der Waals surface area contributed by atoms with Crippen molar-refractivity contribution in [2.45, 2.75) is 25.0 Å². The van der Waals surface area contributed by atoms with Gasteiger partial charge in [-0.15, -0.1) is 0 Å². The summed E-state index contributed by atoms with van der Waals surface area (Å²) in [6.07, 6.45) is 0. The van der Waals surface area contributed by atoms with Gasteiger partial charge >= 0.3 is 0 Å². The zero-order valence-corrected chi connectivity index (χ0v) is 19.9. The van der Waals surface area contributed by atoms with E-state index in [9.17, 15) is 18.3 Å². The SMILES string of the molecule is COc1ccc(CN(CC(=O)Nc2cccc(Cl)c2C)S(=O)(=O)c2ccc(CO)cc2)cc1. The van der Waals surface area contributed by atoms with Crippen molar-refractivity contribution < 1.29 is 23.1 Å². The minimum absolute atomic E-state index is 0.0178. The average Bonchev–Trinajstić information content (AvgIpc) is 2.82. The number of halogens is 1. The van der Waals surface area contributed by atoms with Crippen LogP contribution in [0.25, 0.3) is 0 Å². The number of benzene rings is 3. The van der Waals surface area contributed by atoms with Crippen LogP contribution in [0, 0.1) is 6.92 Å². The number of anilines is 1. The highest BCUT2D eigenvalue weighted by Crippen LogP contribution is 2.24. The Balaban J connectivity index is 1.89. The molecule has 3 rings (SSSR count). The number of carbonyl (C=O) groups is 1. The number of carbonyl (C=O) groups excluding carboxylic acids is 1. The van der Waals surface area contributed by atoms with Gasteiger partial charge in [0, 0.05) is 17.3 Å². The first kappa shape index (κ1) is 24.7. The molecule has 1 amide bonds. The van der Waals surface area contributed by atoms with Crippen molar-refractivity contribution in [2.24, 2.45) is 0 Å². The van der Waals surface area contributed by atoms with Gasteiger partial charge in [-0.05, 0) is 60.0 Å². The topological polar surface area (TPSA) is 95.9 Å². The van der Waals surface area contributed by atoms with Crippen LogP contribution in [0.2, 0.25) is 5.02 Å². The first-order valence-electron chi connectivity index (χ1n) is 10.1. The van der Waals surface area contributed by atoms with Gasteiger partial charge in [0.05, 0.1) is 25.2 Å². The zero-order chi connectivity index (χ0) is 24.0. The van der Waals surface area contributed by atoms with Crippen molar-refractivity contribution in [3.05, 3.63) is 88.4 Å². The Bertz CT molecular complexity index is 1210. The van der Waals surface area contributed by atoms with Gasteiger partial charge in [0.25, 0.3) is 0 Å². The summed E-state index contributed by atoms with van der Waals surface area (Å²) in [6.45, 7) is 1.15. The number of rotatable bonds is 9. The maximum atomic E-state index is 13.4. The lowest BCUT2D eigenvalue weighted by Crippen LogP contribution is -2.37. The molecule has 9 heteroatoms. The molecule has 2 N–H and O–H groups in total. The Morgan fingerprint density at radius 1 is 1.03 bits per heavy atom. The van der Waals surface area contributed by atoms with Gasteiger partial charge in [-0.3, -0.25) is 4.79 Å². The summed E-state index contributed by atoms with van der Waals surface area (Å²) in [4.78, 5) is 12.9. The second kappa shape index (κ2) is 10.8. The van der Waals surface area contributed by atoms with Crippen LogP contribution in [0.4, 0.5) is 5.69 Å². The quantitative estimate of drug-likeness (QED) is 0.475. The van der Waals surface area contributed by atoms with Crippen LogP contribution in [0.3, 0.4) is 0 Å². The van der Waals surface area contributed by atoms with Crippen molar-refractivity contribution in [3.8, 4) is 5.75 Å². The van der Waals surface area contributed by atoms with Crippen LogP contribution in [0.1, 0.15) is 16.7 Å². The minimum Gasteiger partial charge on any atom is -0.497 e. The van der Waals surface area contributed by atoms with E-state index in [4.69, 9.17) is 16.3 Å². The molecule has 0 bridgehead atoms. The number of hydrogen-bond acceptors (Lipinski definition) is 5. The summed E-state index contributed by atoms with van der Waals surface area (Å²) < 4.78 is 33.1. The van der Waals surface area contributed by atoms with Crippen molar-refractivity contribution in [1.29, 1.82) is 0 Å². The molecule has 0 aliphatic carbocycles. The van der Waals surface area contributed by atoms with Crippen LogP contribution < -0.4 is 10.1 Å². The molecule has 0 heterocycles. The third-order valence-electron chi connectivity index (χ3n) is 5.12. The Morgan fingerprint density at radius 3 is 2.27 bits per heavy atom. The second-order valence-electron chi connectivity index (χ2n) is 7.38. The van der Waals surface area contributed by atoms with Crippen LogP contribution in [-0.2, 0) is 28.0 Å². The van der Waals surface area contributed by atoms with Crippen LogP contribution in [-0.4, -0.2) is 37.4 Å². The van der Waals surface area contributed by atoms with E-state index in [0.717, 1.165) is 4.31 Å². The molecule has 0 aliphatic rings. The molecule has 3 aromatic carbocycles. The minimum atomic E-state index is -4.01. The molecule has 3 aromatic rings. The van der Waals surface area contributed by atoms with Crippen LogP contribution >= 0.6 is 11.6 Å². The van der Waals surface area contributed by atoms with Crippen LogP contribution in [0.5, 0.6) is 5.75 Å². The average molecular weight is 489 g/mol. The van der Waals surface area contributed by atoms with Crippen molar-refractivity contribution in [3.63, 3.8) is 0 Å². The molecule has 174 valence electrons. The predicted molar refractivity (Wildman–Crippen MR) is 128 cm³/mol. The molecule has 0 spiro atoms. The third-order valence-corrected chi connectivity index (χ3v) is 7.34. The molecule has 0 fully saturated rings. The van der Waals surface area contributed by atoms with E-state index in [-0.39, 0.29) is 18.0 Å². The van der Waals surface area contributed by atoms with E-state index >= 15 is 0 Å². The fourth-order valence-electron chi connectivity index (χ4n) is 3.17. The maximum absolute atomic E-state index is 13.4. The normalized spacial score (nSPS) is 11.4. The fourth-order valence-corrected chi connectivity index (χ4v) is 4.73. The lowest BCUT2D eigenvalue weighted by atomic mass is 10.2. The number of sulfonamides is 1. The highest BCUT2D eigenvalue weighted by atomic mass is 35.5. The van der Waals surface area contributed by atoms with Gasteiger partial charge in [0.1, 0.15) is 5.75 Å². The van der Waals surface area contributed by atoms with E-state index in [1.165, 1.54) is 24.3 Å². The van der Waals surface area contributed by atoms with Crippen molar-refractivity contribution in [1.82, 2.24) is 4.31 Å². The Kier molecular flexibility index (Phi) is 8.10. The van der Waals surface area contributed by atoms with Gasteiger partial charge in [-0.2, -0.15) is 4.31 Å². The molecule has 0 aromatic heterocycles. The largest absolute Gasteiger partial charge is 0.497 e. The summed E-state index contributed by atoms with van der Waals surface area (Å²) >= 11 is 6.13. The number of hydrogen-bond donors (Lipinski definition) is 2. The molecule has 0 unspecified atom stereocenters. The molecule has 33 heavy (non-hydrogen) atoms. The van der Waals surface area contributed by atoms with Gasteiger partial charge in [-0.1, -0.05) is 41.9 Å². The molecule has 7 nitrogen and oxygen atoms in total. The second-order valence-corrected chi connectivity index (χ2v) is 9.73. The van der Waals surface area contributed by atoms with E-state index < -0.39 is 22.5 Å². The highest BCUT2D eigenvalue weighted by molar-refractivity contribution is 7.89. The summed E-state index contributed by atoms with van der Waals surface area (Å²) in [5.41, 5.74) is 2.49. The number of aliphatic hydroxyl groups excluding tert-OH is 1. The zero-order valence-electron chi connectivity index (χ0n) is 18.3. The van der Waals surface area contributed by atoms with Gasteiger partial charge in [0.2, 0.25) is 15.9 Å². The standard InChI is InChI=1S/C24H25ClN2O5S/c1-17-22(25)4-3-5-23(17)26-24(29)15-27(14-18-6-10-20(32-2)11-7-18)33(30,31)21-12-8-19(16-28)9-13-21/h3-13,28H,14-16H2,1-2H3,(H,26,29). The first-order valence-corrected chi connectivity index (χ1v) is 11.9. The smallest absolute Gasteiger partial charge is 0.243 e. The summed E-state index contributed by atoms with van der Waals surface area (Å²) in [5, 5.41) is 12.5. The number of nitrogens with one attached hydrogen (secondary N) is 1. The van der Waals surface area contributed by atoms with Crippen LogP contribution in [0.15, 0.2) is 71.6 Å². The molecule has 0 saturated carbocycles. The molecule has 0 aliphatic heterocycles. The fraction of sp³-hybridized carbons (Fsp3) is 0.208. The summed E-state index contributed by atoms with van der Waals surface area (Å²) in [6, 6.07) is 18.0. The summed E-state index contributed by atoms with van der Waals surface area (Å²) in [7, 11) is -2.47. The number of amides is 1. The number of aliphatic hydroxyl groups is 1. The molecule has 0 atom stereocenters. The molecular formula is C24H25ClN2O5S. The van der Waals surface area contributed by atoms with Gasteiger partial charge < -0.3 is 15.2 Å². The molecule has 0 radical (unpaired) electrons. The number of methoxy groups -OCH3 is 1. The Labute approximate surface area is 198 Å². The third kappa shape index (κ3) is 6.11. The molecular weight excluding hydrogens is 464 g/mol. The van der Waals surface area contributed by atoms with Gasteiger partial charge in [-0.25, -0.2) is 8.42 Å². The van der Waals surface area contributed by atoms with E-state index in [1.54, 1.807) is 56.5 Å². The predicted octanol–water partition coefficient (Wildman–Crippen LogP) is 3.98. The Morgan fingerprint density at radius 2 is 1.67 bits per heavy atom. The monoisotopic (exact) mass is 488 g/mol. The summed E-state index contributed by atoms with van der Waals surface area (Å²) in [5.74, 6) is 0.145. The maximum Gasteiger partial charge on any atom is 0.243 e. The van der Waals surface area contributed by atoms with E-state index in [2.05, 4.69) is 5.32 Å². The number of nitrogens with zero attached hydrogens (tertiary/aromatic N) is 1. The lowest BCUT2D eigenvalue weighted by Gasteiger charge is -2.22. The Hall–Kier alpha value is -2.91. The number of ether oxygens (including phenoxy) is 1. The van der Waals surface area contributed by atoms with Crippen molar-refractivity contribution in [2.75, 3.05) is 19.0 Å². The highest BCUT2D eigenvalue weighted by Gasteiger charge is 2.27. The lowest BCUT2D eigenvalue weighted by molar-refractivity contribution is -0.116. The van der Waals surface area contributed by atoms with Gasteiger partial charge in [0.15, 0.2) is 0 Å². The van der Waals surface area contributed by atoms with E-state index in [0.29, 0.717) is 33.1 Å². The van der Waals surface area contributed by atoms with E-state index in [1.807, 2.05) is 0 Å². The molecule has 0 saturated heterocycles.